The van der Waals surface area contributed by atoms with Gasteiger partial charge in [-0.15, -0.1) is 0 Å². The molecule has 2 aliphatic heterocycles. The number of piperidine rings is 1. The third kappa shape index (κ3) is 4.89. The minimum absolute atomic E-state index is 0.0359. The van der Waals surface area contributed by atoms with E-state index in [0.717, 1.165) is 48.5 Å². The van der Waals surface area contributed by atoms with Crippen LogP contribution in [0, 0.1) is 17.1 Å². The van der Waals surface area contributed by atoms with Crippen molar-refractivity contribution in [3.05, 3.63) is 82.6 Å². The van der Waals surface area contributed by atoms with Gasteiger partial charge in [-0.1, -0.05) is 12.1 Å². The predicted molar refractivity (Wildman–Crippen MR) is 139 cm³/mol. The van der Waals surface area contributed by atoms with Crippen LogP contribution in [-0.2, 0) is 19.7 Å². The number of carboxylic acids is 1. The number of nitriles is 1. The smallest absolute Gasteiger partial charge is 0.339 e. The largest absolute Gasteiger partial charge is 0.489 e. The van der Waals surface area contributed by atoms with Gasteiger partial charge in [0.25, 0.3) is 0 Å². The van der Waals surface area contributed by atoms with Crippen LogP contribution in [0.1, 0.15) is 51.8 Å². The van der Waals surface area contributed by atoms with Gasteiger partial charge in [0.2, 0.25) is 5.88 Å². The van der Waals surface area contributed by atoms with Gasteiger partial charge in [-0.2, -0.15) is 5.26 Å². The van der Waals surface area contributed by atoms with Crippen LogP contribution in [0.5, 0.6) is 11.6 Å². The van der Waals surface area contributed by atoms with E-state index in [-0.39, 0.29) is 23.7 Å². The summed E-state index contributed by atoms with van der Waals surface area (Å²) in [5, 5.41) is 18.4. The van der Waals surface area contributed by atoms with E-state index < -0.39 is 11.8 Å². The monoisotopic (exact) mass is 527 g/mol. The molecular weight excluding hydrogens is 501 g/mol. The van der Waals surface area contributed by atoms with E-state index in [0.29, 0.717) is 36.9 Å². The number of pyridine rings is 1. The Morgan fingerprint density at radius 2 is 2.00 bits per heavy atom. The van der Waals surface area contributed by atoms with E-state index in [1.165, 1.54) is 6.07 Å². The molecule has 1 N–H and O–H groups in total. The molecule has 0 unspecified atom stereocenters. The number of nitrogens with zero attached hydrogens (tertiary/aromatic N) is 5. The molecule has 0 aliphatic carbocycles. The van der Waals surface area contributed by atoms with Crippen molar-refractivity contribution in [3.8, 4) is 17.7 Å². The fraction of sp³-hybridized carbons (Fsp3) is 0.310. The summed E-state index contributed by atoms with van der Waals surface area (Å²) in [7, 11) is 0. The van der Waals surface area contributed by atoms with Gasteiger partial charge in [0.05, 0.1) is 30.2 Å². The highest BCUT2D eigenvalue weighted by molar-refractivity contribution is 5.98. The van der Waals surface area contributed by atoms with Crippen LogP contribution in [0.4, 0.5) is 4.39 Å². The lowest BCUT2D eigenvalue weighted by atomic mass is 9.93. The van der Waals surface area contributed by atoms with E-state index >= 15 is 0 Å². The van der Waals surface area contributed by atoms with E-state index in [4.69, 9.17) is 19.7 Å². The molecule has 0 bridgehead atoms. The fourth-order valence-electron chi connectivity index (χ4n) is 5.37. The highest BCUT2D eigenvalue weighted by Crippen LogP contribution is 2.35. The van der Waals surface area contributed by atoms with Crippen LogP contribution in [0.2, 0.25) is 0 Å². The number of hydrogen-bond acceptors (Lipinski definition) is 7. The SMILES string of the molecule is N#Cc1ccc(COc2cccc(C3CCN(Cc4nc5ccc(C(=O)O)c6c5n4CCO6)CC3)n2)c(F)c1. The number of aromatic nitrogens is 3. The first-order chi connectivity index (χ1) is 19.0. The molecule has 39 heavy (non-hydrogen) atoms. The first-order valence-electron chi connectivity index (χ1n) is 12.9. The molecular formula is C29H26FN5O4. The summed E-state index contributed by atoms with van der Waals surface area (Å²) in [6, 6.07) is 15.2. The summed E-state index contributed by atoms with van der Waals surface area (Å²) in [5.74, 6) is 0.573. The summed E-state index contributed by atoms with van der Waals surface area (Å²) >= 11 is 0. The predicted octanol–water partition coefficient (Wildman–Crippen LogP) is 4.49. The maximum atomic E-state index is 14.2. The molecule has 4 aromatic rings. The van der Waals surface area contributed by atoms with E-state index in [1.807, 2.05) is 18.2 Å². The Hall–Kier alpha value is -4.49. The zero-order valence-corrected chi connectivity index (χ0v) is 21.1. The topological polar surface area (TPSA) is 114 Å². The minimum Gasteiger partial charge on any atom is -0.489 e. The zero-order valence-electron chi connectivity index (χ0n) is 21.1. The Labute approximate surface area is 224 Å². The van der Waals surface area contributed by atoms with Crippen molar-refractivity contribution in [1.82, 2.24) is 19.4 Å². The van der Waals surface area contributed by atoms with Gasteiger partial charge in [-0.05, 0) is 56.3 Å². The van der Waals surface area contributed by atoms with Crippen molar-refractivity contribution in [1.29, 1.82) is 5.26 Å². The van der Waals surface area contributed by atoms with Gasteiger partial charge in [-0.3, -0.25) is 4.90 Å². The number of benzene rings is 2. The van der Waals surface area contributed by atoms with Crippen LogP contribution in [0.25, 0.3) is 11.0 Å². The molecule has 0 spiro atoms. The number of carboxylic acid groups (broad SMARTS) is 1. The molecule has 1 saturated heterocycles. The lowest BCUT2D eigenvalue weighted by Crippen LogP contribution is -2.34. The average molecular weight is 528 g/mol. The first-order valence-corrected chi connectivity index (χ1v) is 12.9. The third-order valence-electron chi connectivity index (χ3n) is 7.41. The van der Waals surface area contributed by atoms with Crippen LogP contribution in [-0.4, -0.2) is 50.2 Å². The Morgan fingerprint density at radius 1 is 1.15 bits per heavy atom. The summed E-state index contributed by atoms with van der Waals surface area (Å²) in [5.41, 5.74) is 3.27. The van der Waals surface area contributed by atoms with Crippen LogP contribution in [0.3, 0.4) is 0 Å². The van der Waals surface area contributed by atoms with Crippen molar-refractivity contribution in [2.45, 2.75) is 38.5 Å². The Balaban J connectivity index is 1.10. The summed E-state index contributed by atoms with van der Waals surface area (Å²) in [4.78, 5) is 23.5. The molecule has 10 heteroatoms. The number of aromatic carboxylic acids is 1. The maximum absolute atomic E-state index is 14.2. The van der Waals surface area contributed by atoms with Crippen molar-refractivity contribution >= 4 is 17.0 Å². The Kier molecular flexibility index (Phi) is 6.59. The van der Waals surface area contributed by atoms with Crippen LogP contribution >= 0.6 is 0 Å². The highest BCUT2D eigenvalue weighted by Gasteiger charge is 2.27. The fourth-order valence-corrected chi connectivity index (χ4v) is 5.37. The van der Waals surface area contributed by atoms with Gasteiger partial charge in [0.15, 0.2) is 5.75 Å². The van der Waals surface area contributed by atoms with Gasteiger partial charge in [0.1, 0.15) is 35.9 Å². The molecule has 0 radical (unpaired) electrons. The Morgan fingerprint density at radius 3 is 2.77 bits per heavy atom. The molecule has 2 aliphatic rings. The normalized spacial score (nSPS) is 15.6. The maximum Gasteiger partial charge on any atom is 0.339 e. The van der Waals surface area contributed by atoms with E-state index in [1.54, 1.807) is 30.3 Å². The summed E-state index contributed by atoms with van der Waals surface area (Å²) in [6.45, 7) is 3.52. The number of likely N-dealkylation sites (tertiary alicyclic amines) is 1. The number of halogens is 1. The molecule has 0 saturated carbocycles. The quantitative estimate of drug-likeness (QED) is 0.374. The van der Waals surface area contributed by atoms with E-state index in [2.05, 4.69) is 14.5 Å². The van der Waals surface area contributed by atoms with Gasteiger partial charge in [0, 0.05) is 23.2 Å². The average Bonchev–Trinajstić information content (AvgIpc) is 3.31. The molecule has 198 valence electrons. The number of imidazole rings is 1. The molecule has 4 heterocycles. The molecule has 6 rings (SSSR count). The minimum atomic E-state index is -1.00. The van der Waals surface area contributed by atoms with Gasteiger partial charge < -0.3 is 19.1 Å². The van der Waals surface area contributed by atoms with E-state index in [9.17, 15) is 14.3 Å². The number of carbonyl (C=O) groups is 1. The van der Waals surface area contributed by atoms with Crippen LogP contribution in [0.15, 0.2) is 48.5 Å². The Bertz CT molecular complexity index is 1600. The molecule has 2 aromatic carbocycles. The lowest BCUT2D eigenvalue weighted by molar-refractivity contribution is 0.0691. The molecule has 2 aromatic heterocycles. The number of hydrogen-bond donors (Lipinski definition) is 1. The van der Waals surface area contributed by atoms with Crippen LogP contribution < -0.4 is 9.47 Å². The van der Waals surface area contributed by atoms with Crippen molar-refractivity contribution in [2.75, 3.05) is 19.7 Å². The lowest BCUT2D eigenvalue weighted by Gasteiger charge is -2.31. The van der Waals surface area contributed by atoms with Crippen molar-refractivity contribution in [2.24, 2.45) is 0 Å². The second kappa shape index (κ2) is 10.3. The number of rotatable bonds is 7. The molecule has 9 nitrogen and oxygen atoms in total. The van der Waals surface area contributed by atoms with Gasteiger partial charge >= 0.3 is 5.97 Å². The highest BCUT2D eigenvalue weighted by atomic mass is 19.1. The molecule has 0 amide bonds. The van der Waals surface area contributed by atoms with Gasteiger partial charge in [-0.25, -0.2) is 19.2 Å². The second-order valence-corrected chi connectivity index (χ2v) is 9.80. The first kappa shape index (κ1) is 24.8. The summed E-state index contributed by atoms with van der Waals surface area (Å²) in [6.07, 6.45) is 1.86. The third-order valence-corrected chi connectivity index (χ3v) is 7.41. The van der Waals surface area contributed by atoms with Crippen molar-refractivity contribution in [3.63, 3.8) is 0 Å². The number of ether oxygens (including phenoxy) is 2. The second-order valence-electron chi connectivity index (χ2n) is 9.80. The molecule has 0 atom stereocenters. The summed E-state index contributed by atoms with van der Waals surface area (Å²) < 4.78 is 27.8. The molecule has 1 fully saturated rings. The standard InChI is InChI=1S/C29H26FN5O4/c30-22-14-18(15-31)4-5-20(22)17-39-26-3-1-2-23(33-26)19-8-10-34(11-9-19)16-25-32-24-7-6-21(29(36)37)28-27(24)35(25)12-13-38-28/h1-7,14,19H,8-13,16-17H2,(H,36,37). The van der Waals surface area contributed by atoms with Crippen molar-refractivity contribution < 1.29 is 23.8 Å². The zero-order chi connectivity index (χ0) is 26.9.